The van der Waals surface area contributed by atoms with Crippen molar-refractivity contribution in [3.63, 3.8) is 0 Å². The fourth-order valence-electron chi connectivity index (χ4n) is 2.39. The van der Waals surface area contributed by atoms with Crippen LogP contribution in [0.5, 0.6) is 0 Å². The van der Waals surface area contributed by atoms with Crippen molar-refractivity contribution >= 4 is 11.8 Å². The summed E-state index contributed by atoms with van der Waals surface area (Å²) in [4.78, 5) is 25.3. The lowest BCUT2D eigenvalue weighted by Gasteiger charge is -2.36. The number of hydrogen-bond donors (Lipinski definition) is 1. The Morgan fingerprint density at radius 1 is 1.33 bits per heavy atom. The highest BCUT2D eigenvalue weighted by molar-refractivity contribution is 6.04. The van der Waals surface area contributed by atoms with Gasteiger partial charge >= 0.3 is 0 Å². The second-order valence-electron chi connectivity index (χ2n) is 4.97. The summed E-state index contributed by atoms with van der Waals surface area (Å²) in [6.45, 7) is 3.18. The molecule has 0 aromatic heterocycles. The summed E-state index contributed by atoms with van der Waals surface area (Å²) >= 11 is 0. The van der Waals surface area contributed by atoms with Crippen LogP contribution in [0.1, 0.15) is 25.8 Å². The summed E-state index contributed by atoms with van der Waals surface area (Å²) in [5.41, 5.74) is -0.205. The van der Waals surface area contributed by atoms with Gasteiger partial charge in [0.05, 0.1) is 12.1 Å². The average molecular weight is 247 g/mol. The van der Waals surface area contributed by atoms with E-state index in [2.05, 4.69) is 0 Å². The Morgan fingerprint density at radius 3 is 2.39 bits per heavy atom. The minimum Gasteiger partial charge on any atom is -0.394 e. The van der Waals surface area contributed by atoms with E-state index in [-0.39, 0.29) is 30.8 Å². The number of amides is 2. The van der Waals surface area contributed by atoms with Crippen LogP contribution in [0.2, 0.25) is 0 Å². The number of aliphatic hydroxyl groups is 1. The van der Waals surface area contributed by atoms with Crippen molar-refractivity contribution in [2.45, 2.75) is 25.8 Å². The molecule has 0 radical (unpaired) electrons. The van der Waals surface area contributed by atoms with Gasteiger partial charge in [-0.15, -0.1) is 0 Å². The fraction of sp³-hybridized carbons (Fsp3) is 0.429. The van der Waals surface area contributed by atoms with Crippen LogP contribution in [0.3, 0.4) is 0 Å². The maximum absolute atomic E-state index is 12.1. The summed E-state index contributed by atoms with van der Waals surface area (Å²) in [6.07, 6.45) is 0.223. The molecule has 0 aliphatic carbocycles. The van der Waals surface area contributed by atoms with E-state index in [0.717, 1.165) is 5.56 Å². The van der Waals surface area contributed by atoms with E-state index in [9.17, 15) is 14.7 Å². The Hall–Kier alpha value is -1.68. The molecule has 0 spiro atoms. The monoisotopic (exact) mass is 247 g/mol. The third-order valence-electron chi connectivity index (χ3n) is 3.57. The SMILES string of the molecule is CC1CC(=O)N(C(C)(CO)c2ccccc2)C1=O. The van der Waals surface area contributed by atoms with Gasteiger partial charge in [0.1, 0.15) is 0 Å². The van der Waals surface area contributed by atoms with E-state index in [1.807, 2.05) is 30.3 Å². The van der Waals surface area contributed by atoms with Gasteiger partial charge in [-0.2, -0.15) is 0 Å². The maximum atomic E-state index is 12.1. The highest BCUT2D eigenvalue weighted by atomic mass is 16.3. The second-order valence-corrected chi connectivity index (χ2v) is 4.97. The highest BCUT2D eigenvalue weighted by Crippen LogP contribution is 2.34. The molecule has 1 saturated heterocycles. The van der Waals surface area contributed by atoms with E-state index >= 15 is 0 Å². The number of imide groups is 1. The summed E-state index contributed by atoms with van der Waals surface area (Å²) in [5, 5.41) is 9.67. The zero-order valence-electron chi connectivity index (χ0n) is 10.6. The number of carbonyl (C=O) groups excluding carboxylic acids is 2. The van der Waals surface area contributed by atoms with Gasteiger partial charge in [0.25, 0.3) is 0 Å². The first-order valence-corrected chi connectivity index (χ1v) is 6.04. The Bertz CT molecular complexity index is 471. The van der Waals surface area contributed by atoms with Gasteiger partial charge in [0.15, 0.2) is 0 Å². The molecule has 96 valence electrons. The van der Waals surface area contributed by atoms with Crippen LogP contribution < -0.4 is 0 Å². The Labute approximate surface area is 106 Å². The number of rotatable bonds is 3. The van der Waals surface area contributed by atoms with Crippen molar-refractivity contribution in [1.29, 1.82) is 0 Å². The van der Waals surface area contributed by atoms with E-state index in [1.165, 1.54) is 4.90 Å². The average Bonchev–Trinajstić information content (AvgIpc) is 2.64. The number of nitrogens with zero attached hydrogens (tertiary/aromatic N) is 1. The number of likely N-dealkylation sites (tertiary alicyclic amines) is 1. The van der Waals surface area contributed by atoms with Crippen molar-refractivity contribution in [3.05, 3.63) is 35.9 Å². The minimum atomic E-state index is -0.972. The van der Waals surface area contributed by atoms with Crippen LogP contribution in [0.4, 0.5) is 0 Å². The molecule has 1 aromatic rings. The highest BCUT2D eigenvalue weighted by Gasteiger charge is 2.47. The first-order valence-electron chi connectivity index (χ1n) is 6.04. The summed E-state index contributed by atoms with van der Waals surface area (Å²) < 4.78 is 0. The third kappa shape index (κ3) is 1.82. The molecule has 0 saturated carbocycles. The first-order chi connectivity index (χ1) is 8.50. The zero-order valence-corrected chi connectivity index (χ0v) is 10.6. The third-order valence-corrected chi connectivity index (χ3v) is 3.57. The molecule has 2 amide bonds. The molecule has 1 aliphatic heterocycles. The van der Waals surface area contributed by atoms with Gasteiger partial charge in [-0.3, -0.25) is 14.5 Å². The van der Waals surface area contributed by atoms with Gasteiger partial charge in [-0.25, -0.2) is 0 Å². The van der Waals surface area contributed by atoms with Gasteiger partial charge < -0.3 is 5.11 Å². The van der Waals surface area contributed by atoms with Crippen molar-refractivity contribution in [3.8, 4) is 0 Å². The van der Waals surface area contributed by atoms with Gasteiger partial charge in [-0.05, 0) is 12.5 Å². The van der Waals surface area contributed by atoms with E-state index in [1.54, 1.807) is 13.8 Å². The molecule has 4 heteroatoms. The van der Waals surface area contributed by atoms with E-state index in [0.29, 0.717) is 0 Å². The maximum Gasteiger partial charge on any atom is 0.233 e. The molecule has 1 heterocycles. The van der Waals surface area contributed by atoms with Crippen LogP contribution in [0.25, 0.3) is 0 Å². The molecule has 1 N–H and O–H groups in total. The molecular weight excluding hydrogens is 230 g/mol. The van der Waals surface area contributed by atoms with Crippen molar-refractivity contribution in [1.82, 2.24) is 4.90 Å². The predicted octanol–water partition coefficient (Wildman–Crippen LogP) is 1.29. The number of carbonyl (C=O) groups is 2. The number of aliphatic hydroxyl groups excluding tert-OH is 1. The van der Waals surface area contributed by atoms with Crippen molar-refractivity contribution in [2.75, 3.05) is 6.61 Å². The fourth-order valence-corrected chi connectivity index (χ4v) is 2.39. The van der Waals surface area contributed by atoms with Crippen LogP contribution in [0, 0.1) is 5.92 Å². The van der Waals surface area contributed by atoms with Gasteiger partial charge in [-0.1, -0.05) is 37.3 Å². The lowest BCUT2D eigenvalue weighted by Crippen LogP contribution is -2.50. The molecule has 2 unspecified atom stereocenters. The van der Waals surface area contributed by atoms with Crippen LogP contribution in [-0.4, -0.2) is 28.4 Å². The molecule has 18 heavy (non-hydrogen) atoms. The minimum absolute atomic E-state index is 0.208. The topological polar surface area (TPSA) is 57.6 Å². The van der Waals surface area contributed by atoms with E-state index < -0.39 is 5.54 Å². The number of benzene rings is 1. The lowest BCUT2D eigenvalue weighted by molar-refractivity contribution is -0.148. The molecular formula is C14H17NO3. The van der Waals surface area contributed by atoms with E-state index in [4.69, 9.17) is 0 Å². The van der Waals surface area contributed by atoms with Crippen molar-refractivity contribution < 1.29 is 14.7 Å². The molecule has 2 atom stereocenters. The largest absolute Gasteiger partial charge is 0.394 e. The summed E-state index contributed by atoms with van der Waals surface area (Å²) in [6, 6.07) is 9.16. The molecule has 4 nitrogen and oxygen atoms in total. The Morgan fingerprint density at radius 2 is 1.94 bits per heavy atom. The summed E-state index contributed by atoms with van der Waals surface area (Å²) in [7, 11) is 0. The molecule has 2 rings (SSSR count). The Kier molecular flexibility index (Phi) is 3.22. The molecule has 0 bridgehead atoms. The van der Waals surface area contributed by atoms with Crippen LogP contribution in [0.15, 0.2) is 30.3 Å². The standard InChI is InChI=1S/C14H17NO3/c1-10-8-12(17)15(13(10)18)14(2,9-16)11-6-4-3-5-7-11/h3-7,10,16H,8-9H2,1-2H3. The van der Waals surface area contributed by atoms with Gasteiger partial charge in [0.2, 0.25) is 11.8 Å². The summed E-state index contributed by atoms with van der Waals surface area (Å²) in [5.74, 6) is -0.722. The second kappa shape index (κ2) is 4.53. The zero-order chi connectivity index (χ0) is 13.3. The predicted molar refractivity (Wildman–Crippen MR) is 66.5 cm³/mol. The van der Waals surface area contributed by atoms with Crippen LogP contribution >= 0.6 is 0 Å². The van der Waals surface area contributed by atoms with Crippen LogP contribution in [-0.2, 0) is 15.1 Å². The van der Waals surface area contributed by atoms with Crippen molar-refractivity contribution in [2.24, 2.45) is 5.92 Å². The quantitative estimate of drug-likeness (QED) is 0.819. The smallest absolute Gasteiger partial charge is 0.233 e. The van der Waals surface area contributed by atoms with Gasteiger partial charge in [0, 0.05) is 12.3 Å². The lowest BCUT2D eigenvalue weighted by atomic mass is 9.91. The number of hydrogen-bond acceptors (Lipinski definition) is 3. The Balaban J connectivity index is 2.45. The first kappa shape index (κ1) is 12.8. The molecule has 1 aliphatic rings. The molecule has 1 fully saturated rings. The normalized spacial score (nSPS) is 23.3. The molecule has 1 aromatic carbocycles.